The molecule has 0 aliphatic carbocycles. The lowest BCUT2D eigenvalue weighted by Crippen LogP contribution is -2.47. The standard InChI is InChI=1S/C18H30N4.HI/c1-4-5-11-20-18(19-3)21-13-15(2)22-12-10-16-8-6-7-9-17(16)14-22;/h6-9,15H,4-5,10-14H2,1-3H3,(H2,19,20,21);1H. The van der Waals surface area contributed by atoms with Crippen LogP contribution in [0.4, 0.5) is 0 Å². The minimum atomic E-state index is 0. The highest BCUT2D eigenvalue weighted by Crippen LogP contribution is 2.19. The van der Waals surface area contributed by atoms with E-state index in [4.69, 9.17) is 0 Å². The summed E-state index contributed by atoms with van der Waals surface area (Å²) < 4.78 is 0. The second-order valence-corrected chi connectivity index (χ2v) is 6.07. The largest absolute Gasteiger partial charge is 0.356 e. The molecule has 1 aliphatic heterocycles. The van der Waals surface area contributed by atoms with Crippen molar-refractivity contribution in [1.29, 1.82) is 0 Å². The Labute approximate surface area is 158 Å². The van der Waals surface area contributed by atoms with Crippen molar-refractivity contribution in [3.8, 4) is 0 Å². The van der Waals surface area contributed by atoms with Crippen molar-refractivity contribution in [2.24, 2.45) is 4.99 Å². The van der Waals surface area contributed by atoms with Crippen LogP contribution in [0.2, 0.25) is 0 Å². The molecule has 1 aromatic rings. The minimum absolute atomic E-state index is 0. The molecule has 2 N–H and O–H groups in total. The molecule has 0 fully saturated rings. The number of unbranched alkanes of at least 4 members (excludes halogenated alkanes) is 1. The molecule has 0 saturated carbocycles. The molecule has 4 nitrogen and oxygen atoms in total. The molecule has 0 radical (unpaired) electrons. The highest BCUT2D eigenvalue weighted by Gasteiger charge is 2.20. The van der Waals surface area contributed by atoms with Gasteiger partial charge >= 0.3 is 0 Å². The first-order valence-corrected chi connectivity index (χ1v) is 8.50. The molecule has 0 aromatic heterocycles. The zero-order valence-electron chi connectivity index (χ0n) is 14.6. The van der Waals surface area contributed by atoms with E-state index >= 15 is 0 Å². The third-order valence-corrected chi connectivity index (χ3v) is 4.39. The Balaban J connectivity index is 0.00000264. The quantitative estimate of drug-likeness (QED) is 0.316. The number of fused-ring (bicyclic) bond motifs is 1. The van der Waals surface area contributed by atoms with Crippen molar-refractivity contribution in [2.45, 2.75) is 45.7 Å². The molecule has 5 heteroatoms. The Morgan fingerprint density at radius 2 is 2.00 bits per heavy atom. The van der Waals surface area contributed by atoms with E-state index in [0.717, 1.165) is 38.6 Å². The molecule has 1 atom stereocenters. The Kier molecular flexibility index (Phi) is 9.55. The fourth-order valence-corrected chi connectivity index (χ4v) is 2.87. The monoisotopic (exact) mass is 430 g/mol. The van der Waals surface area contributed by atoms with Crippen LogP contribution in [-0.4, -0.2) is 43.6 Å². The predicted molar refractivity (Wildman–Crippen MR) is 110 cm³/mol. The Morgan fingerprint density at radius 1 is 1.26 bits per heavy atom. The van der Waals surface area contributed by atoms with Gasteiger partial charge in [0.15, 0.2) is 5.96 Å². The second-order valence-electron chi connectivity index (χ2n) is 6.07. The van der Waals surface area contributed by atoms with Gasteiger partial charge in [-0.05, 0) is 30.9 Å². The smallest absolute Gasteiger partial charge is 0.191 e. The second kappa shape index (κ2) is 10.9. The van der Waals surface area contributed by atoms with Crippen LogP contribution < -0.4 is 10.6 Å². The van der Waals surface area contributed by atoms with Crippen LogP contribution in [0, 0.1) is 0 Å². The number of nitrogens with zero attached hydrogens (tertiary/aromatic N) is 2. The number of rotatable bonds is 6. The van der Waals surface area contributed by atoms with Gasteiger partial charge in [0.05, 0.1) is 0 Å². The van der Waals surface area contributed by atoms with Gasteiger partial charge < -0.3 is 10.6 Å². The van der Waals surface area contributed by atoms with Crippen LogP contribution in [-0.2, 0) is 13.0 Å². The van der Waals surface area contributed by atoms with E-state index in [1.165, 1.54) is 24.0 Å². The topological polar surface area (TPSA) is 39.7 Å². The Morgan fingerprint density at radius 3 is 2.70 bits per heavy atom. The van der Waals surface area contributed by atoms with Crippen molar-refractivity contribution in [2.75, 3.05) is 26.7 Å². The van der Waals surface area contributed by atoms with Crippen molar-refractivity contribution in [3.05, 3.63) is 35.4 Å². The summed E-state index contributed by atoms with van der Waals surface area (Å²) in [6.45, 7) is 8.60. The fraction of sp³-hybridized carbons (Fsp3) is 0.611. The van der Waals surface area contributed by atoms with Gasteiger partial charge in [-0.25, -0.2) is 0 Å². The van der Waals surface area contributed by atoms with Gasteiger partial charge in [0.25, 0.3) is 0 Å². The maximum Gasteiger partial charge on any atom is 0.191 e. The lowest BCUT2D eigenvalue weighted by Gasteiger charge is -2.34. The first-order valence-electron chi connectivity index (χ1n) is 8.50. The molecule has 1 aromatic carbocycles. The van der Waals surface area contributed by atoms with E-state index in [9.17, 15) is 0 Å². The molecule has 0 spiro atoms. The molecule has 2 rings (SSSR count). The maximum atomic E-state index is 4.29. The summed E-state index contributed by atoms with van der Waals surface area (Å²) >= 11 is 0. The predicted octanol–water partition coefficient (Wildman–Crippen LogP) is 3.02. The highest BCUT2D eigenvalue weighted by molar-refractivity contribution is 14.0. The van der Waals surface area contributed by atoms with Gasteiger partial charge in [0, 0.05) is 39.3 Å². The maximum absolute atomic E-state index is 4.29. The molecule has 0 bridgehead atoms. The van der Waals surface area contributed by atoms with E-state index < -0.39 is 0 Å². The third-order valence-electron chi connectivity index (χ3n) is 4.39. The molecule has 0 amide bonds. The van der Waals surface area contributed by atoms with Crippen LogP contribution in [0.15, 0.2) is 29.3 Å². The van der Waals surface area contributed by atoms with E-state index in [-0.39, 0.29) is 24.0 Å². The van der Waals surface area contributed by atoms with E-state index in [1.807, 2.05) is 7.05 Å². The van der Waals surface area contributed by atoms with Gasteiger partial charge in [-0.15, -0.1) is 24.0 Å². The zero-order valence-corrected chi connectivity index (χ0v) is 17.0. The summed E-state index contributed by atoms with van der Waals surface area (Å²) in [4.78, 5) is 6.84. The van der Waals surface area contributed by atoms with E-state index in [0.29, 0.717) is 6.04 Å². The number of hydrogen-bond donors (Lipinski definition) is 2. The molecule has 0 saturated heterocycles. The van der Waals surface area contributed by atoms with Gasteiger partial charge in [-0.2, -0.15) is 0 Å². The number of nitrogens with one attached hydrogen (secondary N) is 2. The van der Waals surface area contributed by atoms with Gasteiger partial charge in [0.2, 0.25) is 0 Å². The first-order chi connectivity index (χ1) is 10.7. The summed E-state index contributed by atoms with van der Waals surface area (Å²) in [7, 11) is 1.84. The molecule has 23 heavy (non-hydrogen) atoms. The van der Waals surface area contributed by atoms with Crippen LogP contribution in [0.5, 0.6) is 0 Å². The van der Waals surface area contributed by atoms with Crippen LogP contribution >= 0.6 is 24.0 Å². The highest BCUT2D eigenvalue weighted by atomic mass is 127. The van der Waals surface area contributed by atoms with Crippen LogP contribution in [0.25, 0.3) is 0 Å². The lowest BCUT2D eigenvalue weighted by molar-refractivity contribution is 0.191. The van der Waals surface area contributed by atoms with Crippen molar-refractivity contribution >= 4 is 29.9 Å². The summed E-state index contributed by atoms with van der Waals surface area (Å²) in [6.07, 6.45) is 3.54. The Hall–Kier alpha value is -0.820. The van der Waals surface area contributed by atoms with Gasteiger partial charge in [0.1, 0.15) is 0 Å². The Bertz CT molecular complexity index is 490. The first kappa shape index (κ1) is 20.2. The number of guanidine groups is 1. The fourth-order valence-electron chi connectivity index (χ4n) is 2.87. The van der Waals surface area contributed by atoms with Crippen molar-refractivity contribution in [1.82, 2.24) is 15.5 Å². The normalized spacial score (nSPS) is 16.2. The molecule has 1 heterocycles. The molecule has 1 unspecified atom stereocenters. The summed E-state index contributed by atoms with van der Waals surface area (Å²) in [6, 6.07) is 9.30. The number of benzene rings is 1. The summed E-state index contributed by atoms with van der Waals surface area (Å²) in [5, 5.41) is 6.81. The van der Waals surface area contributed by atoms with Crippen molar-refractivity contribution < 1.29 is 0 Å². The summed E-state index contributed by atoms with van der Waals surface area (Å²) in [5.41, 5.74) is 2.99. The van der Waals surface area contributed by atoms with E-state index in [1.54, 1.807) is 0 Å². The number of hydrogen-bond acceptors (Lipinski definition) is 2. The van der Waals surface area contributed by atoms with Crippen molar-refractivity contribution in [3.63, 3.8) is 0 Å². The lowest BCUT2D eigenvalue weighted by atomic mass is 9.99. The van der Waals surface area contributed by atoms with E-state index in [2.05, 4.69) is 58.6 Å². The minimum Gasteiger partial charge on any atom is -0.356 e. The molecular formula is C18H31IN4. The van der Waals surface area contributed by atoms with Gasteiger partial charge in [-0.1, -0.05) is 37.6 Å². The average molecular weight is 430 g/mol. The zero-order chi connectivity index (χ0) is 15.8. The molecular weight excluding hydrogens is 399 g/mol. The van der Waals surface area contributed by atoms with Crippen LogP contribution in [0.1, 0.15) is 37.8 Å². The molecule has 130 valence electrons. The number of halogens is 1. The van der Waals surface area contributed by atoms with Gasteiger partial charge in [-0.3, -0.25) is 9.89 Å². The average Bonchev–Trinajstić information content (AvgIpc) is 2.57. The summed E-state index contributed by atoms with van der Waals surface area (Å²) in [5.74, 6) is 0.915. The molecule has 1 aliphatic rings. The third kappa shape index (κ3) is 6.30. The van der Waals surface area contributed by atoms with Crippen LogP contribution in [0.3, 0.4) is 0 Å². The number of aliphatic imine (C=N–C) groups is 1. The SMILES string of the molecule is CCCCNC(=NC)NCC(C)N1CCc2ccccc2C1.I.